The van der Waals surface area contributed by atoms with Crippen LogP contribution in [-0.2, 0) is 14.2 Å². The molecule has 3 unspecified atom stereocenters. The average molecular weight is 460 g/mol. The van der Waals surface area contributed by atoms with Crippen LogP contribution < -0.4 is 0 Å². The molecule has 8 heteroatoms. The highest BCUT2D eigenvalue weighted by Crippen LogP contribution is 2.30. The number of ether oxygens (including phenoxy) is 3. The molecule has 1 amide bonds. The predicted octanol–water partition coefficient (Wildman–Crippen LogP) is 4.30. The number of aliphatic hydroxyl groups excluding tert-OH is 1. The molecule has 1 aromatic carbocycles. The Balaban J connectivity index is 1.77. The molecule has 1 aliphatic rings. The maximum absolute atomic E-state index is 12.4. The first-order valence-electron chi connectivity index (χ1n) is 11.6. The molecule has 0 saturated carbocycles. The van der Waals surface area contributed by atoms with Gasteiger partial charge in [-0.3, -0.25) is 0 Å². The van der Waals surface area contributed by atoms with Crippen LogP contribution in [0.4, 0.5) is 4.79 Å². The number of benzene rings is 1. The third-order valence-corrected chi connectivity index (χ3v) is 5.42. The van der Waals surface area contributed by atoms with Crippen LogP contribution in [0, 0.1) is 13.8 Å². The predicted molar refractivity (Wildman–Crippen MR) is 125 cm³/mol. The quantitative estimate of drug-likeness (QED) is 0.593. The fourth-order valence-corrected chi connectivity index (χ4v) is 4.02. The van der Waals surface area contributed by atoms with Crippen molar-refractivity contribution in [3.8, 4) is 5.69 Å². The highest BCUT2D eigenvalue weighted by Gasteiger charge is 2.32. The van der Waals surface area contributed by atoms with E-state index in [4.69, 9.17) is 14.2 Å². The van der Waals surface area contributed by atoms with Crippen LogP contribution in [0.15, 0.2) is 30.3 Å². The van der Waals surface area contributed by atoms with E-state index in [9.17, 15) is 9.90 Å². The van der Waals surface area contributed by atoms with Gasteiger partial charge in [0, 0.05) is 25.3 Å². The molecule has 0 radical (unpaired) electrons. The lowest BCUT2D eigenvalue weighted by Gasteiger charge is -2.26. The second-order valence-corrected chi connectivity index (χ2v) is 9.54. The average Bonchev–Trinajstić information content (AvgIpc) is 3.32. The standard InChI is InChI=1S/C25H37N3O5/c1-7-31-23(29)15-22(32-21-11-12-27(16-21)24(30)33-25(4,5)6)19-9-8-10-20(14-19)28-18(3)13-17(2)26-28/h8-10,13-14,21-23,29H,7,11-12,15-16H2,1-6H3. The molecule has 33 heavy (non-hydrogen) atoms. The molecule has 0 aliphatic carbocycles. The van der Waals surface area contributed by atoms with Crippen LogP contribution in [0.2, 0.25) is 0 Å². The third-order valence-electron chi connectivity index (χ3n) is 5.42. The Kier molecular flexibility index (Phi) is 8.15. The monoisotopic (exact) mass is 459 g/mol. The Bertz CT molecular complexity index is 936. The van der Waals surface area contributed by atoms with Gasteiger partial charge < -0.3 is 24.2 Å². The van der Waals surface area contributed by atoms with E-state index in [2.05, 4.69) is 5.10 Å². The van der Waals surface area contributed by atoms with Crippen LogP contribution in [-0.4, -0.2) is 63.6 Å². The Morgan fingerprint density at radius 1 is 1.27 bits per heavy atom. The Morgan fingerprint density at radius 3 is 2.67 bits per heavy atom. The molecule has 2 heterocycles. The number of nitrogens with zero attached hydrogens (tertiary/aromatic N) is 3. The van der Waals surface area contributed by atoms with Crippen molar-refractivity contribution in [2.45, 2.75) is 78.5 Å². The number of carbonyl (C=O) groups excluding carboxylic acids is 1. The van der Waals surface area contributed by atoms with E-state index in [0.29, 0.717) is 26.1 Å². The van der Waals surface area contributed by atoms with Crippen molar-refractivity contribution in [1.82, 2.24) is 14.7 Å². The number of rotatable bonds is 8. The largest absolute Gasteiger partial charge is 0.444 e. The summed E-state index contributed by atoms with van der Waals surface area (Å²) in [5, 5.41) is 14.9. The molecule has 8 nitrogen and oxygen atoms in total. The zero-order chi connectivity index (χ0) is 24.2. The maximum Gasteiger partial charge on any atom is 0.410 e. The molecule has 0 bridgehead atoms. The van der Waals surface area contributed by atoms with Gasteiger partial charge in [0.25, 0.3) is 0 Å². The van der Waals surface area contributed by atoms with Gasteiger partial charge in [0.1, 0.15) is 5.60 Å². The van der Waals surface area contributed by atoms with E-state index >= 15 is 0 Å². The molecule has 3 atom stereocenters. The lowest BCUT2D eigenvalue weighted by Crippen LogP contribution is -2.36. The highest BCUT2D eigenvalue weighted by atomic mass is 16.6. The molecule has 1 saturated heterocycles. The first-order valence-corrected chi connectivity index (χ1v) is 11.6. The van der Waals surface area contributed by atoms with Gasteiger partial charge in [-0.25, -0.2) is 9.48 Å². The Labute approximate surface area is 196 Å². The topological polar surface area (TPSA) is 86.0 Å². The normalized spacial score (nSPS) is 18.4. The third kappa shape index (κ3) is 7.03. The van der Waals surface area contributed by atoms with E-state index in [1.165, 1.54) is 0 Å². The molecule has 182 valence electrons. The minimum Gasteiger partial charge on any atom is -0.444 e. The van der Waals surface area contributed by atoms with Gasteiger partial charge in [-0.1, -0.05) is 12.1 Å². The lowest BCUT2D eigenvalue weighted by molar-refractivity contribution is -0.132. The number of likely N-dealkylation sites (tertiary alicyclic amines) is 1. The van der Waals surface area contributed by atoms with Crippen molar-refractivity contribution in [3.63, 3.8) is 0 Å². The number of aromatic nitrogens is 2. The number of hydrogen-bond donors (Lipinski definition) is 1. The Morgan fingerprint density at radius 2 is 2.03 bits per heavy atom. The van der Waals surface area contributed by atoms with E-state index in [-0.39, 0.29) is 18.6 Å². The smallest absolute Gasteiger partial charge is 0.410 e. The van der Waals surface area contributed by atoms with Crippen molar-refractivity contribution >= 4 is 6.09 Å². The molecule has 3 rings (SSSR count). The SMILES string of the molecule is CCOC(O)CC(OC1CCN(C(=O)OC(C)(C)C)C1)c1cccc(-n2nc(C)cc2C)c1. The summed E-state index contributed by atoms with van der Waals surface area (Å²) in [7, 11) is 0. The Hall–Kier alpha value is -2.42. The van der Waals surface area contributed by atoms with E-state index in [1.807, 2.05) is 76.6 Å². The molecule has 1 N–H and O–H groups in total. The van der Waals surface area contributed by atoms with Crippen LogP contribution >= 0.6 is 0 Å². The summed E-state index contributed by atoms with van der Waals surface area (Å²) in [6.07, 6.45) is -0.831. The number of aliphatic hydroxyl groups is 1. The molecule has 2 aromatic rings. The van der Waals surface area contributed by atoms with Gasteiger partial charge in [0.05, 0.1) is 30.1 Å². The minimum absolute atomic E-state index is 0.159. The summed E-state index contributed by atoms with van der Waals surface area (Å²) in [4.78, 5) is 14.1. The summed E-state index contributed by atoms with van der Waals surface area (Å²) in [6, 6.07) is 10.0. The molecule has 1 aliphatic heterocycles. The van der Waals surface area contributed by atoms with E-state index < -0.39 is 18.0 Å². The van der Waals surface area contributed by atoms with Crippen LogP contribution in [0.3, 0.4) is 0 Å². The first kappa shape index (κ1) is 25.2. The molecule has 1 aromatic heterocycles. The zero-order valence-corrected chi connectivity index (χ0v) is 20.6. The number of aryl methyl sites for hydroxylation is 2. The minimum atomic E-state index is -0.944. The van der Waals surface area contributed by atoms with Gasteiger partial charge in [-0.2, -0.15) is 5.10 Å². The zero-order valence-electron chi connectivity index (χ0n) is 20.6. The molecular weight excluding hydrogens is 422 g/mol. The van der Waals surface area contributed by atoms with Gasteiger partial charge in [0.2, 0.25) is 0 Å². The summed E-state index contributed by atoms with van der Waals surface area (Å²) in [5.74, 6) is 0. The summed E-state index contributed by atoms with van der Waals surface area (Å²) in [6.45, 7) is 12.8. The van der Waals surface area contributed by atoms with Crippen molar-refractivity contribution in [1.29, 1.82) is 0 Å². The second-order valence-electron chi connectivity index (χ2n) is 9.54. The van der Waals surface area contributed by atoms with Crippen molar-refractivity contribution in [3.05, 3.63) is 47.3 Å². The van der Waals surface area contributed by atoms with Gasteiger partial charge in [-0.05, 0) is 71.7 Å². The maximum atomic E-state index is 12.4. The van der Waals surface area contributed by atoms with E-state index in [1.54, 1.807) is 4.90 Å². The first-order chi connectivity index (χ1) is 15.6. The fraction of sp³-hybridized carbons (Fsp3) is 0.600. The molecular formula is C25H37N3O5. The highest BCUT2D eigenvalue weighted by molar-refractivity contribution is 5.68. The van der Waals surface area contributed by atoms with Crippen LogP contribution in [0.25, 0.3) is 5.69 Å². The molecule has 1 fully saturated rings. The van der Waals surface area contributed by atoms with Gasteiger partial charge in [0.15, 0.2) is 6.29 Å². The lowest BCUT2D eigenvalue weighted by atomic mass is 10.0. The second kappa shape index (κ2) is 10.7. The van der Waals surface area contributed by atoms with E-state index in [0.717, 1.165) is 22.6 Å². The van der Waals surface area contributed by atoms with Crippen LogP contribution in [0.1, 0.15) is 63.6 Å². The van der Waals surface area contributed by atoms with Crippen molar-refractivity contribution < 1.29 is 24.1 Å². The summed E-state index contributed by atoms with van der Waals surface area (Å²) < 4.78 is 19.2. The number of carbonyl (C=O) groups is 1. The van der Waals surface area contributed by atoms with Gasteiger partial charge >= 0.3 is 6.09 Å². The summed E-state index contributed by atoms with van der Waals surface area (Å²) >= 11 is 0. The van der Waals surface area contributed by atoms with Gasteiger partial charge in [-0.15, -0.1) is 0 Å². The van der Waals surface area contributed by atoms with Crippen molar-refractivity contribution in [2.75, 3.05) is 19.7 Å². The van der Waals surface area contributed by atoms with Crippen molar-refractivity contribution in [2.24, 2.45) is 0 Å². The fourth-order valence-electron chi connectivity index (χ4n) is 4.02. The van der Waals surface area contributed by atoms with Crippen LogP contribution in [0.5, 0.6) is 0 Å². The number of amides is 1. The number of hydrogen-bond acceptors (Lipinski definition) is 6. The summed E-state index contributed by atoms with van der Waals surface area (Å²) in [5.41, 5.74) is 3.31. The molecule has 0 spiro atoms.